The van der Waals surface area contributed by atoms with Crippen LogP contribution in [0.25, 0.3) is 0 Å². The molecule has 0 unspecified atom stereocenters. The molecular formula is C19H41N3. The lowest BCUT2D eigenvalue weighted by molar-refractivity contribution is 0.0887. The van der Waals surface area contributed by atoms with Crippen molar-refractivity contribution in [2.24, 2.45) is 11.8 Å². The standard InChI is InChI=1S/C10H22N2.C9H19N/c1-9(2)11-5-7-12(8-6-11)10(3)4;1-8(2)9-4-6-10(3)7-5-9/h9-10H,5-8H2,1-4H3;8-9H,4-7H2,1-3H3. The van der Waals surface area contributed by atoms with E-state index in [1.165, 1.54) is 52.1 Å². The Morgan fingerprint density at radius 3 is 1.27 bits per heavy atom. The van der Waals surface area contributed by atoms with Crippen LogP contribution in [-0.4, -0.2) is 73.1 Å². The van der Waals surface area contributed by atoms with Gasteiger partial charge in [-0.2, -0.15) is 0 Å². The molecule has 0 aromatic heterocycles. The molecule has 2 fully saturated rings. The fourth-order valence-electron chi connectivity index (χ4n) is 3.47. The summed E-state index contributed by atoms with van der Waals surface area (Å²) in [7, 11) is 2.22. The van der Waals surface area contributed by atoms with Crippen LogP contribution in [0.4, 0.5) is 0 Å². The Labute approximate surface area is 140 Å². The van der Waals surface area contributed by atoms with E-state index in [2.05, 4.69) is 63.3 Å². The first kappa shape index (κ1) is 19.9. The number of piperazine rings is 1. The van der Waals surface area contributed by atoms with Crippen LogP contribution in [0.1, 0.15) is 54.4 Å². The Morgan fingerprint density at radius 1 is 0.636 bits per heavy atom. The summed E-state index contributed by atoms with van der Waals surface area (Å²) in [6, 6.07) is 1.44. The van der Waals surface area contributed by atoms with Gasteiger partial charge >= 0.3 is 0 Å². The molecule has 2 aliphatic rings. The molecule has 0 atom stereocenters. The highest BCUT2D eigenvalue weighted by Crippen LogP contribution is 2.23. The maximum absolute atomic E-state index is 2.55. The van der Waals surface area contributed by atoms with E-state index in [1.807, 2.05) is 0 Å². The Morgan fingerprint density at radius 2 is 1.00 bits per heavy atom. The molecule has 0 aliphatic carbocycles. The van der Waals surface area contributed by atoms with Crippen LogP contribution in [0, 0.1) is 11.8 Å². The molecule has 2 rings (SSSR count). The van der Waals surface area contributed by atoms with E-state index < -0.39 is 0 Å². The first-order valence-electron chi connectivity index (χ1n) is 9.47. The van der Waals surface area contributed by atoms with Crippen molar-refractivity contribution in [1.29, 1.82) is 0 Å². The van der Waals surface area contributed by atoms with Gasteiger partial charge < -0.3 is 4.90 Å². The molecule has 0 radical (unpaired) electrons. The number of rotatable bonds is 3. The first-order valence-corrected chi connectivity index (χ1v) is 9.47. The lowest BCUT2D eigenvalue weighted by Gasteiger charge is -2.38. The van der Waals surface area contributed by atoms with Crippen molar-refractivity contribution in [2.75, 3.05) is 46.3 Å². The summed E-state index contributed by atoms with van der Waals surface area (Å²) in [6.07, 6.45) is 2.82. The highest BCUT2D eigenvalue weighted by Gasteiger charge is 2.20. The van der Waals surface area contributed by atoms with Gasteiger partial charge in [0.1, 0.15) is 0 Å². The second-order valence-electron chi connectivity index (χ2n) is 8.14. The van der Waals surface area contributed by atoms with Gasteiger partial charge in [0.2, 0.25) is 0 Å². The lowest BCUT2D eigenvalue weighted by atomic mass is 9.87. The molecule has 3 nitrogen and oxygen atoms in total. The number of piperidine rings is 1. The van der Waals surface area contributed by atoms with Gasteiger partial charge in [-0.15, -0.1) is 0 Å². The smallest absolute Gasteiger partial charge is 0.0113 e. The minimum atomic E-state index is 0.722. The molecular weight excluding hydrogens is 270 g/mol. The highest BCUT2D eigenvalue weighted by atomic mass is 15.3. The third kappa shape index (κ3) is 6.97. The third-order valence-electron chi connectivity index (χ3n) is 5.52. The molecule has 0 bridgehead atoms. The molecule has 0 aromatic carbocycles. The van der Waals surface area contributed by atoms with Crippen molar-refractivity contribution in [1.82, 2.24) is 14.7 Å². The van der Waals surface area contributed by atoms with Gasteiger partial charge in [-0.25, -0.2) is 0 Å². The quantitative estimate of drug-likeness (QED) is 0.791. The minimum Gasteiger partial charge on any atom is -0.306 e. The van der Waals surface area contributed by atoms with Crippen molar-refractivity contribution in [3.8, 4) is 0 Å². The van der Waals surface area contributed by atoms with Crippen LogP contribution in [0.2, 0.25) is 0 Å². The third-order valence-corrected chi connectivity index (χ3v) is 5.52. The fraction of sp³-hybridized carbons (Fsp3) is 1.00. The molecule has 0 aromatic rings. The van der Waals surface area contributed by atoms with E-state index in [1.54, 1.807) is 0 Å². The summed E-state index contributed by atoms with van der Waals surface area (Å²) in [5, 5.41) is 0. The van der Waals surface area contributed by atoms with E-state index >= 15 is 0 Å². The molecule has 0 spiro atoms. The molecule has 0 N–H and O–H groups in total. The maximum Gasteiger partial charge on any atom is 0.0113 e. The summed E-state index contributed by atoms with van der Waals surface area (Å²) in [4.78, 5) is 7.54. The Kier molecular flexibility index (Phi) is 8.96. The number of nitrogens with zero attached hydrogens (tertiary/aromatic N) is 3. The van der Waals surface area contributed by atoms with Crippen LogP contribution in [0.3, 0.4) is 0 Å². The van der Waals surface area contributed by atoms with Crippen molar-refractivity contribution in [3.05, 3.63) is 0 Å². The van der Waals surface area contributed by atoms with Gasteiger partial charge in [-0.3, -0.25) is 9.80 Å². The Bertz CT molecular complexity index is 256. The van der Waals surface area contributed by atoms with Crippen molar-refractivity contribution >= 4 is 0 Å². The first-order chi connectivity index (χ1) is 10.3. The number of hydrogen-bond acceptors (Lipinski definition) is 3. The van der Waals surface area contributed by atoms with Gasteiger partial charge in [-0.05, 0) is 72.5 Å². The minimum absolute atomic E-state index is 0.722. The second kappa shape index (κ2) is 9.89. The number of hydrogen-bond donors (Lipinski definition) is 0. The van der Waals surface area contributed by atoms with Gasteiger partial charge in [0.25, 0.3) is 0 Å². The summed E-state index contributed by atoms with van der Waals surface area (Å²) in [5.41, 5.74) is 0. The molecule has 132 valence electrons. The molecule has 2 saturated heterocycles. The molecule has 2 heterocycles. The van der Waals surface area contributed by atoms with Crippen LogP contribution < -0.4 is 0 Å². The molecule has 0 amide bonds. The monoisotopic (exact) mass is 311 g/mol. The van der Waals surface area contributed by atoms with E-state index in [0.29, 0.717) is 0 Å². The zero-order valence-corrected chi connectivity index (χ0v) is 16.3. The van der Waals surface area contributed by atoms with Gasteiger partial charge in [0.05, 0.1) is 0 Å². The van der Waals surface area contributed by atoms with Gasteiger partial charge in [0, 0.05) is 38.3 Å². The zero-order valence-electron chi connectivity index (χ0n) is 16.3. The van der Waals surface area contributed by atoms with Crippen LogP contribution >= 0.6 is 0 Å². The zero-order chi connectivity index (χ0) is 16.7. The topological polar surface area (TPSA) is 9.72 Å². The average molecular weight is 312 g/mol. The summed E-state index contributed by atoms with van der Waals surface area (Å²) in [5.74, 6) is 1.89. The Hall–Kier alpha value is -0.120. The highest BCUT2D eigenvalue weighted by molar-refractivity contribution is 4.76. The predicted molar refractivity (Wildman–Crippen MR) is 98.5 cm³/mol. The maximum atomic E-state index is 2.55. The largest absolute Gasteiger partial charge is 0.306 e. The van der Waals surface area contributed by atoms with Gasteiger partial charge in [-0.1, -0.05) is 13.8 Å². The average Bonchev–Trinajstić information content (AvgIpc) is 2.48. The summed E-state index contributed by atoms with van der Waals surface area (Å²) in [6.45, 7) is 21.4. The van der Waals surface area contributed by atoms with Crippen LogP contribution in [0.5, 0.6) is 0 Å². The molecule has 2 aliphatic heterocycles. The predicted octanol–water partition coefficient (Wildman–Crippen LogP) is 3.41. The molecule has 0 saturated carbocycles. The van der Waals surface area contributed by atoms with Crippen LogP contribution in [-0.2, 0) is 0 Å². The fourth-order valence-corrected chi connectivity index (χ4v) is 3.47. The second-order valence-corrected chi connectivity index (χ2v) is 8.14. The van der Waals surface area contributed by atoms with E-state index in [9.17, 15) is 0 Å². The van der Waals surface area contributed by atoms with Crippen LogP contribution in [0.15, 0.2) is 0 Å². The molecule has 22 heavy (non-hydrogen) atoms. The van der Waals surface area contributed by atoms with Crippen molar-refractivity contribution < 1.29 is 0 Å². The summed E-state index contributed by atoms with van der Waals surface area (Å²) < 4.78 is 0. The normalized spacial score (nSPS) is 23.2. The van der Waals surface area contributed by atoms with E-state index in [4.69, 9.17) is 0 Å². The van der Waals surface area contributed by atoms with Gasteiger partial charge in [0.15, 0.2) is 0 Å². The lowest BCUT2D eigenvalue weighted by Crippen LogP contribution is -2.50. The summed E-state index contributed by atoms with van der Waals surface area (Å²) >= 11 is 0. The Balaban J connectivity index is 0.000000224. The van der Waals surface area contributed by atoms with E-state index in [-0.39, 0.29) is 0 Å². The number of likely N-dealkylation sites (tertiary alicyclic amines) is 1. The SMILES string of the molecule is CC(C)C1CCN(C)CC1.CC(C)N1CCN(C(C)C)CC1. The van der Waals surface area contributed by atoms with E-state index in [0.717, 1.165) is 23.9 Å². The van der Waals surface area contributed by atoms with Crippen molar-refractivity contribution in [3.63, 3.8) is 0 Å². The molecule has 3 heteroatoms. The van der Waals surface area contributed by atoms with Crippen molar-refractivity contribution in [2.45, 2.75) is 66.5 Å².